The Hall–Kier alpha value is -0.760. The van der Waals surface area contributed by atoms with E-state index in [1.54, 1.807) is 0 Å². The van der Waals surface area contributed by atoms with Crippen LogP contribution in [0.15, 0.2) is 6.07 Å². The molecule has 2 nitrogen and oxygen atoms in total. The normalized spacial score (nSPS) is 15.4. The van der Waals surface area contributed by atoms with Crippen molar-refractivity contribution in [3.05, 3.63) is 23.0 Å². The number of hydrogen-bond donors (Lipinski definition) is 1. The van der Waals surface area contributed by atoms with Crippen LogP contribution < -0.4 is 5.73 Å². The van der Waals surface area contributed by atoms with E-state index in [1.165, 1.54) is 36.3 Å². The molecule has 1 aromatic heterocycles. The lowest BCUT2D eigenvalue weighted by Crippen LogP contribution is -2.01. The first kappa shape index (κ1) is 8.82. The molecule has 0 spiro atoms. The van der Waals surface area contributed by atoms with Gasteiger partial charge in [-0.2, -0.15) is 0 Å². The summed E-state index contributed by atoms with van der Waals surface area (Å²) in [4.78, 5) is 0. The Morgan fingerprint density at radius 2 is 2.31 bits per heavy atom. The monoisotopic (exact) mass is 178 g/mol. The zero-order chi connectivity index (χ0) is 9.42. The van der Waals surface area contributed by atoms with Crippen LogP contribution in [0.1, 0.15) is 43.1 Å². The van der Waals surface area contributed by atoms with Crippen LogP contribution in [0.3, 0.4) is 0 Å². The van der Waals surface area contributed by atoms with Gasteiger partial charge in [0.2, 0.25) is 0 Å². The molecule has 13 heavy (non-hydrogen) atoms. The Balaban J connectivity index is 2.48. The van der Waals surface area contributed by atoms with Gasteiger partial charge in [-0.25, -0.2) is 0 Å². The smallest absolute Gasteiger partial charge is 0.0228 e. The molecule has 2 heterocycles. The van der Waals surface area contributed by atoms with Gasteiger partial charge in [0, 0.05) is 24.5 Å². The molecule has 0 bridgehead atoms. The maximum absolute atomic E-state index is 5.72. The average Bonchev–Trinajstić information content (AvgIpc) is 2.61. The third-order valence-electron chi connectivity index (χ3n) is 2.94. The summed E-state index contributed by atoms with van der Waals surface area (Å²) in [6, 6.07) is 2.29. The minimum absolute atomic E-state index is 0.622. The Kier molecular flexibility index (Phi) is 2.16. The van der Waals surface area contributed by atoms with Crippen LogP contribution in [0.5, 0.6) is 0 Å². The fraction of sp³-hybridized carbons (Fsp3) is 0.636. The first-order chi connectivity index (χ1) is 6.24. The van der Waals surface area contributed by atoms with Gasteiger partial charge in [-0.1, -0.05) is 13.8 Å². The molecule has 0 fully saturated rings. The van der Waals surface area contributed by atoms with E-state index in [4.69, 9.17) is 5.73 Å². The summed E-state index contributed by atoms with van der Waals surface area (Å²) in [5.41, 5.74) is 10.0. The SMILES string of the molecule is CC(C)c1cc(CN)c2n1CCC2. The number of rotatable bonds is 2. The summed E-state index contributed by atoms with van der Waals surface area (Å²) >= 11 is 0. The van der Waals surface area contributed by atoms with Gasteiger partial charge >= 0.3 is 0 Å². The molecule has 0 saturated heterocycles. The van der Waals surface area contributed by atoms with E-state index in [-0.39, 0.29) is 0 Å². The van der Waals surface area contributed by atoms with E-state index in [2.05, 4.69) is 24.5 Å². The number of aromatic nitrogens is 1. The highest BCUT2D eigenvalue weighted by molar-refractivity contribution is 5.31. The predicted molar refractivity (Wildman–Crippen MR) is 54.7 cm³/mol. The molecule has 2 rings (SSSR count). The van der Waals surface area contributed by atoms with Crippen LogP contribution in [-0.2, 0) is 19.5 Å². The van der Waals surface area contributed by atoms with Crippen molar-refractivity contribution in [1.82, 2.24) is 4.57 Å². The van der Waals surface area contributed by atoms with Crippen LogP contribution in [-0.4, -0.2) is 4.57 Å². The molecule has 0 radical (unpaired) electrons. The molecule has 72 valence electrons. The van der Waals surface area contributed by atoms with Crippen LogP contribution in [0.2, 0.25) is 0 Å². The van der Waals surface area contributed by atoms with E-state index in [0.717, 1.165) is 0 Å². The zero-order valence-electron chi connectivity index (χ0n) is 8.51. The molecule has 0 amide bonds. The second kappa shape index (κ2) is 3.18. The molecular formula is C11H18N2. The number of nitrogens with two attached hydrogens (primary N) is 1. The molecule has 1 aliphatic rings. The Labute approximate surface area is 79.7 Å². The standard InChI is InChI=1S/C11H18N2/c1-8(2)11-6-9(7-12)10-4-3-5-13(10)11/h6,8H,3-5,7,12H2,1-2H3. The summed E-state index contributed by atoms with van der Waals surface area (Å²) in [5.74, 6) is 0.622. The molecular weight excluding hydrogens is 160 g/mol. The summed E-state index contributed by atoms with van der Waals surface area (Å²) < 4.78 is 2.47. The van der Waals surface area contributed by atoms with Gasteiger partial charge < -0.3 is 10.3 Å². The molecule has 0 aliphatic carbocycles. The quantitative estimate of drug-likeness (QED) is 0.738. The van der Waals surface area contributed by atoms with Gasteiger partial charge in [-0.15, -0.1) is 0 Å². The second-order valence-electron chi connectivity index (χ2n) is 4.16. The zero-order valence-corrected chi connectivity index (χ0v) is 8.51. The molecule has 2 N–H and O–H groups in total. The van der Waals surface area contributed by atoms with Gasteiger partial charge in [0.25, 0.3) is 0 Å². The van der Waals surface area contributed by atoms with E-state index in [0.29, 0.717) is 12.5 Å². The van der Waals surface area contributed by atoms with Gasteiger partial charge in [0.1, 0.15) is 0 Å². The lowest BCUT2D eigenvalue weighted by Gasteiger charge is -2.08. The largest absolute Gasteiger partial charge is 0.348 e. The van der Waals surface area contributed by atoms with Gasteiger partial charge in [-0.05, 0) is 30.4 Å². The minimum atomic E-state index is 0.622. The maximum atomic E-state index is 5.72. The van der Waals surface area contributed by atoms with Crippen molar-refractivity contribution in [3.63, 3.8) is 0 Å². The van der Waals surface area contributed by atoms with Gasteiger partial charge in [0.05, 0.1) is 0 Å². The van der Waals surface area contributed by atoms with Crippen LogP contribution in [0.25, 0.3) is 0 Å². The molecule has 1 aromatic rings. The summed E-state index contributed by atoms with van der Waals surface area (Å²) in [7, 11) is 0. The number of nitrogens with zero attached hydrogens (tertiary/aromatic N) is 1. The molecule has 0 unspecified atom stereocenters. The summed E-state index contributed by atoms with van der Waals surface area (Å²) in [5, 5.41) is 0. The fourth-order valence-electron chi connectivity index (χ4n) is 2.29. The van der Waals surface area contributed by atoms with Crippen molar-refractivity contribution in [1.29, 1.82) is 0 Å². The van der Waals surface area contributed by atoms with Crippen molar-refractivity contribution in [2.75, 3.05) is 0 Å². The highest BCUT2D eigenvalue weighted by atomic mass is 15.0. The average molecular weight is 178 g/mol. The third kappa shape index (κ3) is 1.29. The van der Waals surface area contributed by atoms with E-state index in [9.17, 15) is 0 Å². The molecule has 1 aliphatic heterocycles. The first-order valence-electron chi connectivity index (χ1n) is 5.15. The third-order valence-corrected chi connectivity index (χ3v) is 2.94. The number of fused-ring (bicyclic) bond motifs is 1. The van der Waals surface area contributed by atoms with Crippen molar-refractivity contribution >= 4 is 0 Å². The highest BCUT2D eigenvalue weighted by Crippen LogP contribution is 2.28. The van der Waals surface area contributed by atoms with Crippen LogP contribution in [0, 0.1) is 0 Å². The molecule has 0 saturated carbocycles. The lowest BCUT2D eigenvalue weighted by molar-refractivity contribution is 0.670. The van der Waals surface area contributed by atoms with Gasteiger partial charge in [-0.3, -0.25) is 0 Å². The summed E-state index contributed by atoms with van der Waals surface area (Å²) in [6.45, 7) is 6.40. The lowest BCUT2D eigenvalue weighted by atomic mass is 10.1. The predicted octanol–water partition coefficient (Wildman–Crippen LogP) is 2.02. The molecule has 2 heteroatoms. The second-order valence-corrected chi connectivity index (χ2v) is 4.16. The maximum Gasteiger partial charge on any atom is 0.0228 e. The van der Waals surface area contributed by atoms with Crippen molar-refractivity contribution in [3.8, 4) is 0 Å². The van der Waals surface area contributed by atoms with Crippen LogP contribution in [0.4, 0.5) is 0 Å². The van der Waals surface area contributed by atoms with E-state index in [1.807, 2.05) is 0 Å². The Morgan fingerprint density at radius 1 is 1.54 bits per heavy atom. The molecule has 0 aromatic carbocycles. The highest BCUT2D eigenvalue weighted by Gasteiger charge is 2.19. The minimum Gasteiger partial charge on any atom is -0.348 e. The van der Waals surface area contributed by atoms with Crippen molar-refractivity contribution in [2.24, 2.45) is 5.73 Å². The van der Waals surface area contributed by atoms with Crippen LogP contribution >= 0.6 is 0 Å². The van der Waals surface area contributed by atoms with Crippen molar-refractivity contribution in [2.45, 2.75) is 45.7 Å². The summed E-state index contributed by atoms with van der Waals surface area (Å²) in [6.07, 6.45) is 2.52. The first-order valence-corrected chi connectivity index (χ1v) is 5.15. The van der Waals surface area contributed by atoms with Gasteiger partial charge in [0.15, 0.2) is 0 Å². The van der Waals surface area contributed by atoms with E-state index < -0.39 is 0 Å². The van der Waals surface area contributed by atoms with E-state index >= 15 is 0 Å². The number of hydrogen-bond acceptors (Lipinski definition) is 1. The van der Waals surface area contributed by atoms with Crippen molar-refractivity contribution < 1.29 is 0 Å². The Bertz CT molecular complexity index is 310. The topological polar surface area (TPSA) is 30.9 Å². The fourth-order valence-corrected chi connectivity index (χ4v) is 2.29. The molecule has 0 atom stereocenters. The Morgan fingerprint density at radius 3 is 2.92 bits per heavy atom.